The van der Waals surface area contributed by atoms with E-state index in [9.17, 15) is 4.39 Å². The van der Waals surface area contributed by atoms with E-state index in [0.29, 0.717) is 5.56 Å². The molecule has 0 fully saturated rings. The lowest BCUT2D eigenvalue weighted by atomic mass is 10.1. The standard InChI is InChI=1S/C12H11FN2/c1-8-7-10(3-4-11(8)13)12-5-6-14-9(2)15-12/h3-7H,1-2H3. The van der Waals surface area contributed by atoms with E-state index >= 15 is 0 Å². The molecule has 0 aliphatic heterocycles. The molecule has 0 spiro atoms. The van der Waals surface area contributed by atoms with Crippen molar-refractivity contribution in [3.05, 3.63) is 47.7 Å². The van der Waals surface area contributed by atoms with Gasteiger partial charge in [-0.1, -0.05) is 0 Å². The maximum Gasteiger partial charge on any atom is 0.126 e. The maximum absolute atomic E-state index is 13.1. The van der Waals surface area contributed by atoms with E-state index in [-0.39, 0.29) is 5.82 Å². The highest BCUT2D eigenvalue weighted by atomic mass is 19.1. The van der Waals surface area contributed by atoms with Crippen LogP contribution in [0, 0.1) is 19.7 Å². The van der Waals surface area contributed by atoms with Crippen LogP contribution >= 0.6 is 0 Å². The Morgan fingerprint density at radius 2 is 1.93 bits per heavy atom. The zero-order valence-corrected chi connectivity index (χ0v) is 8.66. The molecular weight excluding hydrogens is 191 g/mol. The summed E-state index contributed by atoms with van der Waals surface area (Å²) in [7, 11) is 0. The average molecular weight is 202 g/mol. The Morgan fingerprint density at radius 3 is 2.60 bits per heavy atom. The molecule has 2 nitrogen and oxygen atoms in total. The molecule has 0 saturated heterocycles. The van der Waals surface area contributed by atoms with Crippen LogP contribution in [0.4, 0.5) is 4.39 Å². The fourth-order valence-corrected chi connectivity index (χ4v) is 1.42. The number of nitrogens with zero attached hydrogens (tertiary/aromatic N) is 2. The molecule has 0 atom stereocenters. The van der Waals surface area contributed by atoms with Gasteiger partial charge < -0.3 is 0 Å². The van der Waals surface area contributed by atoms with Crippen molar-refractivity contribution >= 4 is 0 Å². The zero-order chi connectivity index (χ0) is 10.8. The summed E-state index contributed by atoms with van der Waals surface area (Å²) in [4.78, 5) is 8.30. The smallest absolute Gasteiger partial charge is 0.126 e. The van der Waals surface area contributed by atoms with Crippen LogP contribution in [0.3, 0.4) is 0 Å². The summed E-state index contributed by atoms with van der Waals surface area (Å²) in [5.41, 5.74) is 2.37. The second-order valence-electron chi connectivity index (χ2n) is 3.45. The van der Waals surface area contributed by atoms with Gasteiger partial charge in [0.1, 0.15) is 11.6 Å². The van der Waals surface area contributed by atoms with Crippen LogP contribution < -0.4 is 0 Å². The molecule has 0 amide bonds. The molecule has 1 aromatic carbocycles. The lowest BCUT2D eigenvalue weighted by Crippen LogP contribution is -1.91. The van der Waals surface area contributed by atoms with E-state index in [0.717, 1.165) is 17.1 Å². The van der Waals surface area contributed by atoms with Crippen molar-refractivity contribution in [2.75, 3.05) is 0 Å². The Morgan fingerprint density at radius 1 is 1.13 bits per heavy atom. The monoisotopic (exact) mass is 202 g/mol. The maximum atomic E-state index is 13.1. The van der Waals surface area contributed by atoms with Crippen molar-refractivity contribution < 1.29 is 4.39 Å². The number of hydrogen-bond donors (Lipinski definition) is 0. The Labute approximate surface area is 87.8 Å². The fraction of sp³-hybridized carbons (Fsp3) is 0.167. The first kappa shape index (κ1) is 9.77. The highest BCUT2D eigenvalue weighted by Crippen LogP contribution is 2.19. The summed E-state index contributed by atoms with van der Waals surface area (Å²) in [5.74, 6) is 0.527. The number of aryl methyl sites for hydroxylation is 2. The molecule has 1 heterocycles. The van der Waals surface area contributed by atoms with Crippen LogP contribution in [-0.2, 0) is 0 Å². The normalized spacial score (nSPS) is 10.3. The minimum absolute atomic E-state index is 0.190. The fourth-order valence-electron chi connectivity index (χ4n) is 1.42. The molecule has 76 valence electrons. The summed E-state index contributed by atoms with van der Waals surface area (Å²) in [6.45, 7) is 3.58. The second kappa shape index (κ2) is 3.77. The van der Waals surface area contributed by atoms with Crippen molar-refractivity contribution in [3.8, 4) is 11.3 Å². The second-order valence-corrected chi connectivity index (χ2v) is 3.45. The number of rotatable bonds is 1. The van der Waals surface area contributed by atoms with Gasteiger partial charge in [-0.25, -0.2) is 14.4 Å². The van der Waals surface area contributed by atoms with Gasteiger partial charge in [0, 0.05) is 11.8 Å². The summed E-state index contributed by atoms with van der Waals surface area (Å²) < 4.78 is 13.1. The highest BCUT2D eigenvalue weighted by molar-refractivity contribution is 5.59. The van der Waals surface area contributed by atoms with Crippen molar-refractivity contribution in [2.24, 2.45) is 0 Å². The van der Waals surface area contributed by atoms with E-state index in [1.54, 1.807) is 25.3 Å². The van der Waals surface area contributed by atoms with Crippen LogP contribution in [0.5, 0.6) is 0 Å². The lowest BCUT2D eigenvalue weighted by molar-refractivity contribution is 0.619. The van der Waals surface area contributed by atoms with Crippen LogP contribution in [0.15, 0.2) is 30.5 Å². The number of benzene rings is 1. The summed E-state index contributed by atoms with van der Waals surface area (Å²) in [6, 6.07) is 6.79. The van der Waals surface area contributed by atoms with Gasteiger partial charge in [0.05, 0.1) is 5.69 Å². The third-order valence-electron chi connectivity index (χ3n) is 2.23. The molecule has 2 aromatic rings. The molecule has 0 radical (unpaired) electrons. The molecule has 15 heavy (non-hydrogen) atoms. The Balaban J connectivity index is 2.50. The van der Waals surface area contributed by atoms with Crippen LogP contribution in [0.25, 0.3) is 11.3 Å². The first-order valence-corrected chi connectivity index (χ1v) is 4.73. The van der Waals surface area contributed by atoms with Gasteiger partial charge in [0.15, 0.2) is 0 Å². The van der Waals surface area contributed by atoms with Gasteiger partial charge in [-0.3, -0.25) is 0 Å². The largest absolute Gasteiger partial charge is 0.242 e. The van der Waals surface area contributed by atoms with Gasteiger partial charge in [0.25, 0.3) is 0 Å². The summed E-state index contributed by atoms with van der Waals surface area (Å²) in [5, 5.41) is 0. The Kier molecular flexibility index (Phi) is 2.46. The first-order valence-electron chi connectivity index (χ1n) is 4.73. The topological polar surface area (TPSA) is 25.8 Å². The van der Waals surface area contributed by atoms with Crippen molar-refractivity contribution in [2.45, 2.75) is 13.8 Å². The van der Waals surface area contributed by atoms with Crippen LogP contribution in [0.1, 0.15) is 11.4 Å². The Bertz CT molecular complexity index is 495. The molecule has 1 aromatic heterocycles. The van der Waals surface area contributed by atoms with E-state index in [2.05, 4.69) is 9.97 Å². The Hall–Kier alpha value is -1.77. The number of hydrogen-bond acceptors (Lipinski definition) is 2. The predicted molar refractivity (Wildman–Crippen MR) is 56.9 cm³/mol. The van der Waals surface area contributed by atoms with Gasteiger partial charge in [-0.15, -0.1) is 0 Å². The van der Waals surface area contributed by atoms with E-state index in [1.807, 2.05) is 13.0 Å². The molecule has 0 bridgehead atoms. The van der Waals surface area contributed by atoms with Crippen molar-refractivity contribution in [3.63, 3.8) is 0 Å². The molecule has 0 saturated carbocycles. The highest BCUT2D eigenvalue weighted by Gasteiger charge is 2.02. The quantitative estimate of drug-likeness (QED) is 0.710. The minimum atomic E-state index is -0.190. The predicted octanol–water partition coefficient (Wildman–Crippen LogP) is 2.90. The zero-order valence-electron chi connectivity index (χ0n) is 8.66. The molecule has 0 N–H and O–H groups in total. The molecule has 3 heteroatoms. The number of aromatic nitrogens is 2. The van der Waals surface area contributed by atoms with Crippen LogP contribution in [0.2, 0.25) is 0 Å². The molecular formula is C12H11FN2. The first-order chi connectivity index (χ1) is 7.16. The van der Waals surface area contributed by atoms with Gasteiger partial charge >= 0.3 is 0 Å². The van der Waals surface area contributed by atoms with E-state index in [1.165, 1.54) is 6.07 Å². The van der Waals surface area contributed by atoms with Crippen LogP contribution in [-0.4, -0.2) is 9.97 Å². The van der Waals surface area contributed by atoms with Crippen molar-refractivity contribution in [1.29, 1.82) is 0 Å². The van der Waals surface area contributed by atoms with E-state index in [4.69, 9.17) is 0 Å². The third kappa shape index (κ3) is 2.01. The molecule has 2 rings (SSSR count). The average Bonchev–Trinajstić information content (AvgIpc) is 2.22. The van der Waals surface area contributed by atoms with Crippen molar-refractivity contribution in [1.82, 2.24) is 9.97 Å². The number of halogens is 1. The SMILES string of the molecule is Cc1nccc(-c2ccc(F)c(C)c2)n1. The summed E-state index contributed by atoms with van der Waals surface area (Å²) in [6.07, 6.45) is 1.70. The molecule has 0 aliphatic rings. The molecule has 0 aliphatic carbocycles. The van der Waals surface area contributed by atoms with Gasteiger partial charge in [-0.05, 0) is 43.7 Å². The molecule has 0 unspecified atom stereocenters. The summed E-state index contributed by atoms with van der Waals surface area (Å²) >= 11 is 0. The van der Waals surface area contributed by atoms with Gasteiger partial charge in [-0.2, -0.15) is 0 Å². The lowest BCUT2D eigenvalue weighted by Gasteiger charge is -2.03. The minimum Gasteiger partial charge on any atom is -0.242 e. The third-order valence-corrected chi connectivity index (χ3v) is 2.23. The van der Waals surface area contributed by atoms with E-state index < -0.39 is 0 Å². The van der Waals surface area contributed by atoms with Gasteiger partial charge in [0.2, 0.25) is 0 Å².